The number of hydrogen-bond donors (Lipinski definition) is 2. The quantitative estimate of drug-likeness (QED) is 0.573. The third kappa shape index (κ3) is 5.17. The van der Waals surface area contributed by atoms with Crippen LogP contribution in [0.2, 0.25) is 0 Å². The van der Waals surface area contributed by atoms with Crippen LogP contribution in [0.4, 0.5) is 5.69 Å². The molecule has 1 amide bonds. The van der Waals surface area contributed by atoms with Crippen molar-refractivity contribution in [2.45, 2.75) is 13.0 Å². The second kappa shape index (κ2) is 8.85. The maximum atomic E-state index is 12.6. The number of likely N-dealkylation sites (N-methyl/N-ethyl adjacent to an activating group) is 1. The van der Waals surface area contributed by atoms with Crippen molar-refractivity contribution in [3.63, 3.8) is 0 Å². The summed E-state index contributed by atoms with van der Waals surface area (Å²) in [4.78, 5) is 18.9. The van der Waals surface area contributed by atoms with E-state index in [-0.39, 0.29) is 11.9 Å². The number of carbonyl (C=O) groups is 1. The van der Waals surface area contributed by atoms with Crippen LogP contribution in [0.3, 0.4) is 0 Å². The lowest BCUT2D eigenvalue weighted by Gasteiger charge is -2.20. The molecule has 1 aromatic heterocycles. The Bertz CT molecular complexity index is 1140. The number of carbonyl (C=O) groups excluding carboxylic acids is 1. The van der Waals surface area contributed by atoms with E-state index in [1.54, 1.807) is 36.2 Å². The second-order valence-corrected chi connectivity index (χ2v) is 9.12. The topological polar surface area (TPSA) is 96.3 Å². The summed E-state index contributed by atoms with van der Waals surface area (Å²) >= 11 is 0. The van der Waals surface area contributed by atoms with Crippen LogP contribution in [0.1, 0.15) is 29.1 Å². The van der Waals surface area contributed by atoms with Gasteiger partial charge in [-0.2, -0.15) is 0 Å². The molecule has 0 fully saturated rings. The second-order valence-electron chi connectivity index (χ2n) is 7.37. The van der Waals surface area contributed by atoms with Crippen LogP contribution in [0.5, 0.6) is 0 Å². The molecule has 9 heteroatoms. The van der Waals surface area contributed by atoms with Crippen molar-refractivity contribution in [1.29, 1.82) is 0 Å². The van der Waals surface area contributed by atoms with E-state index in [1.165, 1.54) is 0 Å². The number of nitrogens with zero attached hydrogens (tertiary/aromatic N) is 3. The zero-order valence-corrected chi connectivity index (χ0v) is 18.4. The lowest BCUT2D eigenvalue weighted by atomic mass is 10.2. The molecule has 1 atom stereocenters. The van der Waals surface area contributed by atoms with Crippen molar-refractivity contribution in [2.75, 3.05) is 31.1 Å². The molecule has 0 spiro atoms. The summed E-state index contributed by atoms with van der Waals surface area (Å²) in [6.45, 7) is 3.19. The van der Waals surface area contributed by atoms with Crippen LogP contribution in [-0.4, -0.2) is 55.2 Å². The fourth-order valence-electron chi connectivity index (χ4n) is 3.31. The highest BCUT2D eigenvalue weighted by Crippen LogP contribution is 2.19. The van der Waals surface area contributed by atoms with E-state index in [0.717, 1.165) is 23.1 Å². The Hall–Kier alpha value is -2.91. The number of rotatable bonds is 8. The molecule has 3 rings (SSSR count). The van der Waals surface area contributed by atoms with Gasteiger partial charge in [0.05, 0.1) is 23.3 Å². The van der Waals surface area contributed by atoms with Crippen molar-refractivity contribution in [3.8, 4) is 0 Å². The number of amides is 1. The van der Waals surface area contributed by atoms with E-state index in [0.29, 0.717) is 24.3 Å². The maximum Gasteiger partial charge on any atom is 0.253 e. The number of fused-ring (bicyclic) bond motifs is 1. The van der Waals surface area contributed by atoms with Gasteiger partial charge >= 0.3 is 0 Å². The van der Waals surface area contributed by atoms with Crippen molar-refractivity contribution < 1.29 is 13.2 Å². The van der Waals surface area contributed by atoms with E-state index in [4.69, 9.17) is 4.98 Å². The monoisotopic (exact) mass is 429 g/mol. The van der Waals surface area contributed by atoms with Crippen molar-refractivity contribution in [3.05, 3.63) is 59.9 Å². The molecule has 0 saturated heterocycles. The van der Waals surface area contributed by atoms with Gasteiger partial charge in [-0.3, -0.25) is 9.52 Å². The lowest BCUT2D eigenvalue weighted by Crippen LogP contribution is -2.35. The van der Waals surface area contributed by atoms with Crippen LogP contribution in [0, 0.1) is 0 Å². The van der Waals surface area contributed by atoms with Crippen LogP contribution in [0.15, 0.2) is 48.5 Å². The summed E-state index contributed by atoms with van der Waals surface area (Å²) in [5.41, 5.74) is 2.97. The third-order valence-electron chi connectivity index (χ3n) is 4.89. The molecule has 0 aliphatic heterocycles. The van der Waals surface area contributed by atoms with Gasteiger partial charge < -0.3 is 14.8 Å². The number of sulfonamides is 1. The number of hydrogen-bond acceptors (Lipinski definition) is 5. The molecule has 30 heavy (non-hydrogen) atoms. The SMILES string of the molecule is CC(NCCN(C)C(=O)c1ccc(NS(C)(=O)=O)cc1)c1nc2ccccc2n1C. The number of anilines is 1. The lowest BCUT2D eigenvalue weighted by molar-refractivity contribution is 0.0795. The summed E-state index contributed by atoms with van der Waals surface area (Å²) in [6.07, 6.45) is 1.08. The number of aryl methyl sites for hydroxylation is 1. The van der Waals surface area contributed by atoms with E-state index in [9.17, 15) is 13.2 Å². The molecular formula is C21H27N5O3S. The Morgan fingerprint density at radius 1 is 1.17 bits per heavy atom. The average Bonchev–Trinajstić information content (AvgIpc) is 3.03. The third-order valence-corrected chi connectivity index (χ3v) is 5.50. The first kappa shape index (κ1) is 21.8. The van der Waals surface area contributed by atoms with Crippen LogP contribution in [0.25, 0.3) is 11.0 Å². The fourth-order valence-corrected chi connectivity index (χ4v) is 3.87. The highest BCUT2D eigenvalue weighted by Gasteiger charge is 2.15. The zero-order chi connectivity index (χ0) is 21.9. The standard InChI is InChI=1S/C21H27N5O3S/c1-15(20-23-18-7-5-6-8-19(18)26(20)3)22-13-14-25(2)21(27)16-9-11-17(12-10-16)24-30(4,28)29/h5-12,15,22,24H,13-14H2,1-4H3. The first-order valence-electron chi connectivity index (χ1n) is 9.64. The van der Waals surface area contributed by atoms with Gasteiger partial charge in [-0.1, -0.05) is 12.1 Å². The molecule has 0 aliphatic rings. The van der Waals surface area contributed by atoms with E-state index < -0.39 is 10.0 Å². The number of nitrogens with one attached hydrogen (secondary N) is 2. The highest BCUT2D eigenvalue weighted by atomic mass is 32.2. The Kier molecular flexibility index (Phi) is 6.42. The molecular weight excluding hydrogens is 402 g/mol. The summed E-state index contributed by atoms with van der Waals surface area (Å²) < 4.78 is 27.0. The largest absolute Gasteiger partial charge is 0.340 e. The molecule has 0 saturated carbocycles. The number of benzene rings is 2. The van der Waals surface area contributed by atoms with Gasteiger partial charge in [0.2, 0.25) is 10.0 Å². The molecule has 1 unspecified atom stereocenters. The van der Waals surface area contributed by atoms with E-state index in [2.05, 4.69) is 21.5 Å². The molecule has 160 valence electrons. The van der Waals surface area contributed by atoms with Gasteiger partial charge in [0.15, 0.2) is 0 Å². The minimum Gasteiger partial charge on any atom is -0.340 e. The Morgan fingerprint density at radius 3 is 2.47 bits per heavy atom. The first-order valence-corrected chi connectivity index (χ1v) is 11.5. The average molecular weight is 430 g/mol. The summed E-state index contributed by atoms with van der Waals surface area (Å²) in [5.74, 6) is 0.817. The minimum absolute atomic E-state index is 0.0345. The molecule has 2 aromatic carbocycles. The van der Waals surface area contributed by atoms with Crippen molar-refractivity contribution >= 4 is 32.7 Å². The predicted octanol–water partition coefficient (Wildman–Crippen LogP) is 2.37. The molecule has 0 bridgehead atoms. The van der Waals surface area contributed by atoms with E-state index >= 15 is 0 Å². The van der Waals surface area contributed by atoms with Crippen LogP contribution in [-0.2, 0) is 17.1 Å². The summed E-state index contributed by atoms with van der Waals surface area (Å²) in [5, 5.41) is 3.42. The maximum absolute atomic E-state index is 12.6. The van der Waals surface area contributed by atoms with Gasteiger partial charge in [-0.25, -0.2) is 13.4 Å². The van der Waals surface area contributed by atoms with Gasteiger partial charge in [-0.05, 0) is 43.3 Å². The van der Waals surface area contributed by atoms with Crippen LogP contribution >= 0.6 is 0 Å². The molecule has 8 nitrogen and oxygen atoms in total. The van der Waals surface area contributed by atoms with Gasteiger partial charge in [0, 0.05) is 38.4 Å². The predicted molar refractivity (Wildman–Crippen MR) is 119 cm³/mol. The van der Waals surface area contributed by atoms with Crippen molar-refractivity contribution in [1.82, 2.24) is 19.8 Å². The Labute approximate surface area is 177 Å². The van der Waals surface area contributed by atoms with E-state index in [1.807, 2.05) is 31.3 Å². The van der Waals surface area contributed by atoms with Gasteiger partial charge in [0.1, 0.15) is 5.82 Å². The normalized spacial score (nSPS) is 12.7. The van der Waals surface area contributed by atoms with Gasteiger partial charge in [0.25, 0.3) is 5.91 Å². The zero-order valence-electron chi connectivity index (χ0n) is 17.6. The smallest absolute Gasteiger partial charge is 0.253 e. The number of imidazole rings is 1. The fraction of sp³-hybridized carbons (Fsp3) is 0.333. The molecule has 0 radical (unpaired) electrons. The first-order chi connectivity index (χ1) is 14.2. The minimum atomic E-state index is -3.34. The van der Waals surface area contributed by atoms with Crippen LogP contribution < -0.4 is 10.0 Å². The Balaban J connectivity index is 1.55. The molecule has 1 heterocycles. The molecule has 0 aliphatic carbocycles. The summed E-state index contributed by atoms with van der Waals surface area (Å²) in [7, 11) is 0.401. The molecule has 3 aromatic rings. The van der Waals surface area contributed by atoms with Gasteiger partial charge in [-0.15, -0.1) is 0 Å². The molecule has 2 N–H and O–H groups in total. The Morgan fingerprint density at radius 2 is 1.83 bits per heavy atom. The summed E-state index contributed by atoms with van der Waals surface area (Å²) in [6, 6.07) is 14.4. The number of aromatic nitrogens is 2. The number of para-hydroxylation sites is 2. The highest BCUT2D eigenvalue weighted by molar-refractivity contribution is 7.92. The van der Waals surface area contributed by atoms with Crippen molar-refractivity contribution in [2.24, 2.45) is 7.05 Å².